The second-order valence-corrected chi connectivity index (χ2v) is 8.07. The Morgan fingerprint density at radius 3 is 2.71 bits per heavy atom. The lowest BCUT2D eigenvalue weighted by atomic mass is 10.1. The highest BCUT2D eigenvalue weighted by atomic mass is 32.2. The Hall–Kier alpha value is -2.85. The summed E-state index contributed by atoms with van der Waals surface area (Å²) < 4.78 is 41.1. The van der Waals surface area contributed by atoms with E-state index in [-0.39, 0.29) is 5.24 Å². The third-order valence-corrected chi connectivity index (χ3v) is 5.90. The number of rotatable bonds is 5. The molecule has 10 heteroatoms. The van der Waals surface area contributed by atoms with E-state index in [9.17, 15) is 18.0 Å². The number of aromatic nitrogens is 2. The van der Waals surface area contributed by atoms with Crippen LogP contribution in [-0.2, 0) is 13.2 Å². The molecule has 1 aliphatic heterocycles. The molecular weight excluding hydrogens is 427 g/mol. The van der Waals surface area contributed by atoms with E-state index >= 15 is 0 Å². The summed E-state index contributed by atoms with van der Waals surface area (Å²) in [6, 6.07) is 10.7. The highest BCUT2D eigenvalue weighted by Crippen LogP contribution is 2.33. The molecule has 1 amide bonds. The van der Waals surface area contributed by atoms with Crippen LogP contribution >= 0.6 is 11.8 Å². The Morgan fingerprint density at radius 2 is 1.97 bits per heavy atom. The van der Waals surface area contributed by atoms with E-state index in [1.807, 2.05) is 18.2 Å². The Bertz CT molecular complexity index is 1170. The van der Waals surface area contributed by atoms with Crippen molar-refractivity contribution in [1.82, 2.24) is 14.6 Å². The van der Waals surface area contributed by atoms with Gasteiger partial charge in [-0.05, 0) is 37.2 Å². The van der Waals surface area contributed by atoms with Gasteiger partial charge in [0.1, 0.15) is 5.82 Å². The molecule has 0 unspecified atom stereocenters. The number of hydrazone groups is 1. The van der Waals surface area contributed by atoms with E-state index in [1.54, 1.807) is 17.7 Å². The molecule has 162 valence electrons. The minimum Gasteiger partial charge on any atom is -0.330 e. The van der Waals surface area contributed by atoms with E-state index in [0.29, 0.717) is 42.2 Å². The van der Waals surface area contributed by atoms with E-state index in [2.05, 4.69) is 10.1 Å². The van der Waals surface area contributed by atoms with Crippen LogP contribution < -0.4 is 5.73 Å². The molecule has 6 nitrogen and oxygen atoms in total. The number of alkyl halides is 3. The maximum absolute atomic E-state index is 13.1. The zero-order valence-electron chi connectivity index (χ0n) is 16.7. The maximum atomic E-state index is 13.1. The summed E-state index contributed by atoms with van der Waals surface area (Å²) in [4.78, 5) is 16.6. The van der Waals surface area contributed by atoms with Crippen molar-refractivity contribution in [2.24, 2.45) is 17.9 Å². The van der Waals surface area contributed by atoms with Crippen molar-refractivity contribution >= 4 is 33.7 Å². The number of hydrogen-bond donors (Lipinski definition) is 1. The van der Waals surface area contributed by atoms with E-state index < -0.39 is 11.7 Å². The Balaban J connectivity index is 1.71. The van der Waals surface area contributed by atoms with Gasteiger partial charge in [0.2, 0.25) is 0 Å². The lowest BCUT2D eigenvalue weighted by Crippen LogP contribution is -2.31. The summed E-state index contributed by atoms with van der Waals surface area (Å²) in [5.74, 6) is 0.884. The van der Waals surface area contributed by atoms with Gasteiger partial charge in [-0.3, -0.25) is 4.79 Å². The van der Waals surface area contributed by atoms with Gasteiger partial charge in [-0.25, -0.2) is 9.99 Å². The van der Waals surface area contributed by atoms with Crippen molar-refractivity contribution in [3.8, 4) is 11.4 Å². The lowest BCUT2D eigenvalue weighted by Gasteiger charge is -2.22. The first kappa shape index (κ1) is 21.4. The number of amides is 1. The number of carbonyl (C=O) groups excluding carboxylic acids is 1. The number of fused-ring (bicyclic) bond motifs is 1. The summed E-state index contributed by atoms with van der Waals surface area (Å²) >= 11 is 1.18. The molecule has 2 N–H and O–H groups in total. The van der Waals surface area contributed by atoms with E-state index in [1.165, 1.54) is 22.8 Å². The van der Waals surface area contributed by atoms with Gasteiger partial charge in [0.15, 0.2) is 0 Å². The minimum atomic E-state index is -4.42. The van der Waals surface area contributed by atoms with Crippen molar-refractivity contribution in [2.45, 2.75) is 12.6 Å². The van der Waals surface area contributed by atoms with Crippen LogP contribution in [0.5, 0.6) is 0 Å². The van der Waals surface area contributed by atoms with Crippen molar-refractivity contribution in [1.29, 1.82) is 0 Å². The number of hydrogen-bond acceptors (Lipinski definition) is 5. The average Bonchev–Trinajstić information content (AvgIpc) is 3.08. The number of carbonyl (C=O) groups is 1. The molecule has 0 atom stereocenters. The Kier molecular flexibility index (Phi) is 5.76. The number of imidazole rings is 1. The van der Waals surface area contributed by atoms with Crippen LogP contribution in [0.25, 0.3) is 22.4 Å². The third-order valence-electron chi connectivity index (χ3n) is 5.02. The van der Waals surface area contributed by atoms with Crippen molar-refractivity contribution in [3.05, 3.63) is 53.6 Å². The number of nitrogens with two attached hydrogens (primary N) is 1. The van der Waals surface area contributed by atoms with Crippen LogP contribution in [0.3, 0.4) is 0 Å². The highest BCUT2D eigenvalue weighted by Gasteiger charge is 2.31. The number of nitrogens with zero attached hydrogens (tertiary/aromatic N) is 4. The second-order valence-electron chi connectivity index (χ2n) is 7.14. The SMILES string of the molecule is Cn1c(-c2cccc(C(F)(F)F)c2)nc2cc(C3=NN(CCCN)C(=O)SC3)ccc21. The zero-order valence-corrected chi connectivity index (χ0v) is 17.5. The molecule has 1 aliphatic rings. The fraction of sp³-hybridized carbons (Fsp3) is 0.286. The van der Waals surface area contributed by atoms with Crippen LogP contribution in [0.15, 0.2) is 47.6 Å². The van der Waals surface area contributed by atoms with Crippen LogP contribution in [0.1, 0.15) is 17.5 Å². The first-order valence-electron chi connectivity index (χ1n) is 9.64. The van der Waals surface area contributed by atoms with Crippen molar-refractivity contribution in [3.63, 3.8) is 0 Å². The molecular formula is C21H20F3N5OS. The zero-order chi connectivity index (χ0) is 22.2. The third kappa shape index (κ3) is 4.31. The average molecular weight is 447 g/mol. The molecule has 0 spiro atoms. The minimum absolute atomic E-state index is 0.108. The Labute approximate surface area is 180 Å². The topological polar surface area (TPSA) is 76.5 Å². The summed E-state index contributed by atoms with van der Waals surface area (Å²) in [7, 11) is 1.77. The number of halogens is 3. The van der Waals surface area contributed by atoms with Gasteiger partial charge < -0.3 is 10.3 Å². The fourth-order valence-electron chi connectivity index (χ4n) is 3.42. The van der Waals surface area contributed by atoms with Gasteiger partial charge in [0, 0.05) is 30.5 Å². The quantitative estimate of drug-likeness (QED) is 0.626. The molecule has 31 heavy (non-hydrogen) atoms. The fourth-order valence-corrected chi connectivity index (χ4v) is 4.18. The normalized spacial score (nSPS) is 14.9. The molecule has 4 rings (SSSR count). The molecule has 0 radical (unpaired) electrons. The van der Waals surface area contributed by atoms with Gasteiger partial charge in [0.05, 0.1) is 22.3 Å². The number of thioether (sulfide) groups is 1. The maximum Gasteiger partial charge on any atom is 0.416 e. The Morgan fingerprint density at radius 1 is 1.16 bits per heavy atom. The number of benzene rings is 2. The van der Waals surface area contributed by atoms with E-state index in [0.717, 1.165) is 28.9 Å². The summed E-state index contributed by atoms with van der Waals surface area (Å²) in [6.07, 6.45) is -3.76. The first-order chi connectivity index (χ1) is 14.8. The molecule has 0 saturated heterocycles. The molecule has 0 aliphatic carbocycles. The molecule has 2 aromatic carbocycles. The first-order valence-corrected chi connectivity index (χ1v) is 10.6. The van der Waals surface area contributed by atoms with Crippen molar-refractivity contribution < 1.29 is 18.0 Å². The summed E-state index contributed by atoms with van der Waals surface area (Å²) in [5, 5.41) is 5.78. The predicted octanol–water partition coefficient (Wildman–Crippen LogP) is 4.48. The smallest absolute Gasteiger partial charge is 0.330 e. The second kappa shape index (κ2) is 8.35. The summed E-state index contributed by atoms with van der Waals surface area (Å²) in [5.41, 5.74) is 8.20. The molecule has 3 aromatic rings. The van der Waals surface area contributed by atoms with Gasteiger partial charge in [-0.1, -0.05) is 30.0 Å². The summed E-state index contributed by atoms with van der Waals surface area (Å²) in [6.45, 7) is 0.925. The van der Waals surface area contributed by atoms with Gasteiger partial charge >= 0.3 is 11.4 Å². The molecule has 1 aromatic heterocycles. The van der Waals surface area contributed by atoms with Gasteiger partial charge in [0.25, 0.3) is 0 Å². The predicted molar refractivity (Wildman–Crippen MR) is 116 cm³/mol. The van der Waals surface area contributed by atoms with Crippen LogP contribution in [0.2, 0.25) is 0 Å². The monoisotopic (exact) mass is 447 g/mol. The highest BCUT2D eigenvalue weighted by molar-refractivity contribution is 8.14. The van der Waals surface area contributed by atoms with Gasteiger partial charge in [-0.15, -0.1) is 0 Å². The van der Waals surface area contributed by atoms with E-state index in [4.69, 9.17) is 5.73 Å². The number of aryl methyl sites for hydroxylation is 1. The molecule has 2 heterocycles. The lowest BCUT2D eigenvalue weighted by molar-refractivity contribution is -0.137. The van der Waals surface area contributed by atoms with Crippen LogP contribution in [-0.4, -0.2) is 44.4 Å². The molecule has 0 bridgehead atoms. The van der Waals surface area contributed by atoms with Crippen molar-refractivity contribution in [2.75, 3.05) is 18.8 Å². The van der Waals surface area contributed by atoms with Gasteiger partial charge in [-0.2, -0.15) is 18.3 Å². The van der Waals surface area contributed by atoms with Crippen LogP contribution in [0.4, 0.5) is 18.0 Å². The molecule has 0 saturated carbocycles. The largest absolute Gasteiger partial charge is 0.416 e. The van der Waals surface area contributed by atoms with Crippen LogP contribution in [0, 0.1) is 0 Å². The molecule has 0 fully saturated rings. The standard InChI is InChI=1S/C21H20F3N5OS/c1-28-18-7-6-13(17-12-31-20(30)29(27-17)9-3-8-25)11-16(18)26-19(28)14-4-2-5-15(10-14)21(22,23)24/h2,4-7,10-11H,3,8-9,12,25H2,1H3.